The Kier molecular flexibility index (Phi) is 3.22. The minimum Gasteiger partial charge on any atom is -0.319 e. The Morgan fingerprint density at radius 3 is 2.05 bits per heavy atom. The number of halogens is 5. The summed E-state index contributed by atoms with van der Waals surface area (Å²) in [5.41, 5.74) is 4.93. The van der Waals surface area contributed by atoms with Gasteiger partial charge < -0.3 is 5.73 Å². The third-order valence-electron chi connectivity index (χ3n) is 2.93. The first-order valence-corrected chi connectivity index (χ1v) is 5.43. The monoisotopic (exact) mass is 275 g/mol. The summed E-state index contributed by atoms with van der Waals surface area (Å²) < 4.78 is 63.6. The van der Waals surface area contributed by atoms with Crippen LogP contribution in [-0.4, -0.2) is 12.1 Å². The molecule has 0 bridgehead atoms. The van der Waals surface area contributed by atoms with E-state index in [2.05, 4.69) is 0 Å². The highest BCUT2D eigenvalue weighted by Gasteiger charge is 2.61. The van der Waals surface area contributed by atoms with Gasteiger partial charge in [-0.25, -0.2) is 0 Å². The van der Waals surface area contributed by atoms with Gasteiger partial charge in [-0.3, -0.25) is 0 Å². The molecule has 0 aliphatic carbocycles. The van der Waals surface area contributed by atoms with Gasteiger partial charge >= 0.3 is 12.1 Å². The molecule has 2 aromatic rings. The van der Waals surface area contributed by atoms with Crippen LogP contribution in [0.3, 0.4) is 0 Å². The van der Waals surface area contributed by atoms with Crippen LogP contribution in [0.25, 0.3) is 10.8 Å². The molecule has 1 nitrogen and oxygen atoms in total. The topological polar surface area (TPSA) is 26.0 Å². The molecule has 6 heteroatoms. The largest absolute Gasteiger partial charge is 0.455 e. The highest BCUT2D eigenvalue weighted by Crippen LogP contribution is 2.44. The van der Waals surface area contributed by atoms with Crippen LogP contribution < -0.4 is 5.73 Å². The molecule has 2 N–H and O–H groups in total. The minimum absolute atomic E-state index is 0.222. The van der Waals surface area contributed by atoms with Crippen LogP contribution in [0.5, 0.6) is 0 Å². The van der Waals surface area contributed by atoms with E-state index in [0.717, 1.165) is 0 Å². The van der Waals surface area contributed by atoms with E-state index >= 15 is 0 Å². The molecule has 2 rings (SSSR count). The molecule has 102 valence electrons. The molecule has 0 saturated heterocycles. The van der Waals surface area contributed by atoms with Gasteiger partial charge in [0.25, 0.3) is 0 Å². The van der Waals surface area contributed by atoms with Crippen molar-refractivity contribution >= 4 is 10.8 Å². The van der Waals surface area contributed by atoms with E-state index in [9.17, 15) is 22.0 Å². The number of nitrogens with two attached hydrogens (primary N) is 1. The zero-order valence-electron chi connectivity index (χ0n) is 9.59. The maximum absolute atomic E-state index is 13.3. The predicted molar refractivity (Wildman–Crippen MR) is 61.9 cm³/mol. The van der Waals surface area contributed by atoms with Crippen LogP contribution in [0, 0.1) is 0 Å². The van der Waals surface area contributed by atoms with Crippen LogP contribution in [0.1, 0.15) is 11.6 Å². The lowest BCUT2D eigenvalue weighted by Crippen LogP contribution is -2.45. The standard InChI is InChI=1S/C13H10F5N/c14-12(15,13(16,17)18)11(19)10-7-3-5-8-4-1-2-6-9(8)10/h1-7,11H,19H2/t11-/m0/s1. The summed E-state index contributed by atoms with van der Waals surface area (Å²) in [5, 5.41) is 0.856. The summed E-state index contributed by atoms with van der Waals surface area (Å²) in [4.78, 5) is 0. The minimum atomic E-state index is -5.68. The molecule has 0 amide bonds. The van der Waals surface area contributed by atoms with Crippen molar-refractivity contribution in [1.82, 2.24) is 0 Å². The van der Waals surface area contributed by atoms with E-state index in [1.165, 1.54) is 18.2 Å². The van der Waals surface area contributed by atoms with Crippen LogP contribution in [-0.2, 0) is 0 Å². The van der Waals surface area contributed by atoms with E-state index in [1.54, 1.807) is 24.3 Å². The van der Waals surface area contributed by atoms with Crippen molar-refractivity contribution in [3.8, 4) is 0 Å². The molecule has 2 aromatic carbocycles. The Hall–Kier alpha value is -1.69. The van der Waals surface area contributed by atoms with E-state index in [-0.39, 0.29) is 5.56 Å². The van der Waals surface area contributed by atoms with Crippen LogP contribution in [0.4, 0.5) is 22.0 Å². The van der Waals surface area contributed by atoms with Gasteiger partial charge in [0.15, 0.2) is 0 Å². The molecule has 1 atom stereocenters. The number of fused-ring (bicyclic) bond motifs is 1. The molecule has 0 fully saturated rings. The lowest BCUT2D eigenvalue weighted by Gasteiger charge is -2.26. The summed E-state index contributed by atoms with van der Waals surface area (Å²) in [6.07, 6.45) is -5.68. The summed E-state index contributed by atoms with van der Waals surface area (Å²) >= 11 is 0. The second-order valence-corrected chi connectivity index (χ2v) is 4.17. The second kappa shape index (κ2) is 4.45. The number of alkyl halides is 5. The average molecular weight is 275 g/mol. The number of benzene rings is 2. The highest BCUT2D eigenvalue weighted by molar-refractivity contribution is 5.86. The third kappa shape index (κ3) is 2.28. The van der Waals surface area contributed by atoms with Crippen molar-refractivity contribution in [3.63, 3.8) is 0 Å². The normalized spacial score (nSPS) is 14.6. The number of rotatable bonds is 2. The Morgan fingerprint density at radius 1 is 0.842 bits per heavy atom. The summed E-state index contributed by atoms with van der Waals surface area (Å²) in [5.74, 6) is -4.98. The molecule has 0 unspecified atom stereocenters. The van der Waals surface area contributed by atoms with Gasteiger partial charge in [0.2, 0.25) is 0 Å². The fourth-order valence-corrected chi connectivity index (χ4v) is 1.89. The fraction of sp³-hybridized carbons (Fsp3) is 0.231. The molecular formula is C13H10F5N. The Morgan fingerprint density at radius 2 is 1.42 bits per heavy atom. The molecule has 19 heavy (non-hydrogen) atoms. The smallest absolute Gasteiger partial charge is 0.319 e. The molecule has 0 aliphatic heterocycles. The van der Waals surface area contributed by atoms with Gasteiger partial charge in [-0.1, -0.05) is 42.5 Å². The van der Waals surface area contributed by atoms with E-state index in [1.807, 2.05) is 0 Å². The van der Waals surface area contributed by atoms with Crippen molar-refractivity contribution in [2.75, 3.05) is 0 Å². The summed E-state index contributed by atoms with van der Waals surface area (Å²) in [7, 11) is 0. The van der Waals surface area contributed by atoms with Crippen LogP contribution in [0.15, 0.2) is 42.5 Å². The highest BCUT2D eigenvalue weighted by atomic mass is 19.4. The average Bonchev–Trinajstić information content (AvgIpc) is 2.36. The molecule has 0 spiro atoms. The first-order chi connectivity index (χ1) is 8.75. The van der Waals surface area contributed by atoms with Gasteiger partial charge in [-0.15, -0.1) is 0 Å². The molecule has 0 aliphatic rings. The second-order valence-electron chi connectivity index (χ2n) is 4.17. The number of hydrogen-bond acceptors (Lipinski definition) is 1. The van der Waals surface area contributed by atoms with Gasteiger partial charge in [0, 0.05) is 0 Å². The molecule has 0 heterocycles. The number of hydrogen-bond donors (Lipinski definition) is 1. The van der Waals surface area contributed by atoms with Crippen molar-refractivity contribution < 1.29 is 22.0 Å². The molecular weight excluding hydrogens is 265 g/mol. The molecule has 0 aromatic heterocycles. The van der Waals surface area contributed by atoms with Gasteiger partial charge in [0.05, 0.1) is 0 Å². The lowest BCUT2D eigenvalue weighted by molar-refractivity contribution is -0.290. The quantitative estimate of drug-likeness (QED) is 0.822. The van der Waals surface area contributed by atoms with E-state index in [4.69, 9.17) is 5.73 Å². The van der Waals surface area contributed by atoms with Crippen molar-refractivity contribution in [2.45, 2.75) is 18.1 Å². The maximum atomic E-state index is 13.3. The first-order valence-electron chi connectivity index (χ1n) is 5.43. The Balaban J connectivity index is 2.56. The molecule has 0 saturated carbocycles. The Labute approximate surface area is 105 Å². The Bertz CT molecular complexity index is 586. The van der Waals surface area contributed by atoms with Crippen LogP contribution in [0.2, 0.25) is 0 Å². The van der Waals surface area contributed by atoms with Crippen LogP contribution >= 0.6 is 0 Å². The van der Waals surface area contributed by atoms with Crippen molar-refractivity contribution in [2.24, 2.45) is 5.73 Å². The fourth-order valence-electron chi connectivity index (χ4n) is 1.89. The third-order valence-corrected chi connectivity index (χ3v) is 2.93. The summed E-state index contributed by atoms with van der Waals surface area (Å²) in [6.45, 7) is 0. The predicted octanol–water partition coefficient (Wildman–Crippen LogP) is 4.04. The first kappa shape index (κ1) is 13.7. The van der Waals surface area contributed by atoms with Crippen molar-refractivity contribution in [3.05, 3.63) is 48.0 Å². The van der Waals surface area contributed by atoms with E-state index in [0.29, 0.717) is 10.8 Å². The van der Waals surface area contributed by atoms with Crippen molar-refractivity contribution in [1.29, 1.82) is 0 Å². The summed E-state index contributed by atoms with van der Waals surface area (Å²) in [6, 6.07) is 8.10. The van der Waals surface area contributed by atoms with E-state index < -0.39 is 18.1 Å². The van der Waals surface area contributed by atoms with Gasteiger partial charge in [-0.05, 0) is 16.3 Å². The maximum Gasteiger partial charge on any atom is 0.455 e. The molecule has 0 radical (unpaired) electrons. The zero-order valence-corrected chi connectivity index (χ0v) is 9.59. The zero-order chi connectivity index (χ0) is 14.3. The van der Waals surface area contributed by atoms with Gasteiger partial charge in [0.1, 0.15) is 6.04 Å². The SMILES string of the molecule is N[C@@H](c1cccc2ccccc12)C(F)(F)C(F)(F)F. The lowest BCUT2D eigenvalue weighted by atomic mass is 9.95. The van der Waals surface area contributed by atoms with Gasteiger partial charge in [-0.2, -0.15) is 22.0 Å².